The van der Waals surface area contributed by atoms with Crippen molar-refractivity contribution in [3.8, 4) is 11.3 Å². The van der Waals surface area contributed by atoms with E-state index in [1.54, 1.807) is 6.07 Å². The molecule has 1 aromatic heterocycles. The van der Waals surface area contributed by atoms with Crippen LogP contribution in [0.3, 0.4) is 0 Å². The Labute approximate surface area is 135 Å². The van der Waals surface area contributed by atoms with Crippen LogP contribution in [0.15, 0.2) is 36.4 Å². The van der Waals surface area contributed by atoms with Crippen LogP contribution >= 0.6 is 0 Å². The van der Waals surface area contributed by atoms with Gasteiger partial charge in [0.1, 0.15) is 0 Å². The van der Waals surface area contributed by atoms with Crippen molar-refractivity contribution in [1.82, 2.24) is 4.98 Å². The van der Waals surface area contributed by atoms with Crippen molar-refractivity contribution in [2.45, 2.75) is 27.7 Å². The first-order valence-corrected chi connectivity index (χ1v) is 7.60. The van der Waals surface area contributed by atoms with Crippen molar-refractivity contribution in [3.05, 3.63) is 64.2 Å². The number of nitrogens with zero attached hydrogens (tertiary/aromatic N) is 1. The molecule has 0 fully saturated rings. The van der Waals surface area contributed by atoms with Crippen LogP contribution in [0.1, 0.15) is 32.6 Å². The van der Waals surface area contributed by atoms with E-state index < -0.39 is 5.97 Å². The molecule has 0 radical (unpaired) electrons. The summed E-state index contributed by atoms with van der Waals surface area (Å²) in [4.78, 5) is 16.5. The maximum atomic E-state index is 11.8. The highest BCUT2D eigenvalue weighted by Gasteiger charge is 2.16. The lowest BCUT2D eigenvalue weighted by Gasteiger charge is -2.13. The van der Waals surface area contributed by atoms with Gasteiger partial charge in [0.2, 0.25) is 0 Å². The first-order chi connectivity index (χ1) is 10.9. The van der Waals surface area contributed by atoms with Gasteiger partial charge in [0.25, 0.3) is 0 Å². The molecule has 3 aromatic rings. The Kier molecular flexibility index (Phi) is 3.64. The zero-order chi connectivity index (χ0) is 16.7. The average molecular weight is 305 g/mol. The summed E-state index contributed by atoms with van der Waals surface area (Å²) in [6, 6.07) is 11.7. The Morgan fingerprint density at radius 3 is 2.26 bits per heavy atom. The van der Waals surface area contributed by atoms with Gasteiger partial charge in [-0.05, 0) is 50.5 Å². The van der Waals surface area contributed by atoms with Crippen LogP contribution in [0.4, 0.5) is 0 Å². The Morgan fingerprint density at radius 2 is 1.61 bits per heavy atom. The molecular weight excluding hydrogens is 286 g/mol. The van der Waals surface area contributed by atoms with Gasteiger partial charge in [0.05, 0.1) is 16.8 Å². The molecule has 1 N–H and O–H groups in total. The van der Waals surface area contributed by atoms with Crippen LogP contribution in [0.5, 0.6) is 0 Å². The molecule has 3 rings (SSSR count). The predicted octanol–water partition coefficient (Wildman–Crippen LogP) is 4.83. The highest BCUT2D eigenvalue weighted by molar-refractivity contribution is 6.06. The summed E-state index contributed by atoms with van der Waals surface area (Å²) < 4.78 is 0. The minimum absolute atomic E-state index is 0.311. The number of aryl methyl sites for hydroxylation is 4. The van der Waals surface area contributed by atoms with Crippen molar-refractivity contribution in [2.24, 2.45) is 0 Å². The fourth-order valence-corrected chi connectivity index (χ4v) is 3.05. The van der Waals surface area contributed by atoms with Crippen molar-refractivity contribution in [2.75, 3.05) is 0 Å². The summed E-state index contributed by atoms with van der Waals surface area (Å²) in [6.07, 6.45) is 0. The zero-order valence-electron chi connectivity index (χ0n) is 13.8. The SMILES string of the molecule is Cc1ccc(-c2cc(C(=O)O)c3c(C)ccc(C)c3n2)c(C)c1. The number of benzene rings is 2. The van der Waals surface area contributed by atoms with E-state index >= 15 is 0 Å². The molecule has 3 nitrogen and oxygen atoms in total. The molecule has 23 heavy (non-hydrogen) atoms. The molecule has 2 aromatic carbocycles. The van der Waals surface area contributed by atoms with Gasteiger partial charge >= 0.3 is 5.97 Å². The van der Waals surface area contributed by atoms with Gasteiger partial charge in [-0.3, -0.25) is 0 Å². The second kappa shape index (κ2) is 5.51. The molecule has 0 atom stereocenters. The second-order valence-electron chi connectivity index (χ2n) is 6.10. The highest BCUT2D eigenvalue weighted by atomic mass is 16.4. The number of rotatable bonds is 2. The smallest absolute Gasteiger partial charge is 0.336 e. The lowest BCUT2D eigenvalue weighted by molar-refractivity contribution is 0.0699. The molecule has 1 heterocycles. The summed E-state index contributed by atoms with van der Waals surface area (Å²) in [7, 11) is 0. The quantitative estimate of drug-likeness (QED) is 0.737. The van der Waals surface area contributed by atoms with E-state index in [0.717, 1.165) is 33.2 Å². The van der Waals surface area contributed by atoms with Gasteiger partial charge in [-0.25, -0.2) is 9.78 Å². The first-order valence-electron chi connectivity index (χ1n) is 7.60. The summed E-state index contributed by atoms with van der Waals surface area (Å²) in [5.41, 5.74) is 6.95. The van der Waals surface area contributed by atoms with Gasteiger partial charge in [-0.15, -0.1) is 0 Å². The molecule has 0 spiro atoms. The summed E-state index contributed by atoms with van der Waals surface area (Å²) >= 11 is 0. The van der Waals surface area contributed by atoms with Crippen molar-refractivity contribution in [3.63, 3.8) is 0 Å². The van der Waals surface area contributed by atoms with Crippen LogP contribution in [0, 0.1) is 27.7 Å². The number of hydrogen-bond acceptors (Lipinski definition) is 2. The Bertz CT molecular complexity index is 942. The monoisotopic (exact) mass is 305 g/mol. The average Bonchev–Trinajstić information content (AvgIpc) is 2.50. The Morgan fingerprint density at radius 1 is 0.913 bits per heavy atom. The summed E-state index contributed by atoms with van der Waals surface area (Å²) in [6.45, 7) is 7.96. The molecule has 0 saturated heterocycles. The van der Waals surface area contributed by atoms with E-state index in [4.69, 9.17) is 4.98 Å². The number of carboxylic acids is 1. The molecule has 3 heteroatoms. The molecule has 116 valence electrons. The number of aromatic carboxylic acids is 1. The zero-order valence-corrected chi connectivity index (χ0v) is 13.8. The molecular formula is C20H19NO2. The number of carbonyl (C=O) groups is 1. The summed E-state index contributed by atoms with van der Waals surface area (Å²) in [5.74, 6) is -0.919. The summed E-state index contributed by atoms with van der Waals surface area (Å²) in [5, 5.41) is 10.4. The number of pyridine rings is 1. The molecule has 0 aliphatic heterocycles. The van der Waals surface area contributed by atoms with Gasteiger partial charge in [-0.2, -0.15) is 0 Å². The van der Waals surface area contributed by atoms with E-state index in [1.165, 1.54) is 5.56 Å². The predicted molar refractivity (Wildman–Crippen MR) is 93.1 cm³/mol. The van der Waals surface area contributed by atoms with E-state index in [9.17, 15) is 9.90 Å². The standard InChI is InChI=1S/C20H19NO2/c1-11-5-8-15(14(4)9-11)17-10-16(20(22)23)18-12(2)6-7-13(3)19(18)21-17/h5-10H,1-4H3,(H,22,23). The van der Waals surface area contributed by atoms with Gasteiger partial charge in [-0.1, -0.05) is 35.9 Å². The van der Waals surface area contributed by atoms with Crippen LogP contribution in [-0.4, -0.2) is 16.1 Å². The van der Waals surface area contributed by atoms with Crippen molar-refractivity contribution >= 4 is 16.9 Å². The van der Waals surface area contributed by atoms with Crippen LogP contribution in [0.25, 0.3) is 22.2 Å². The molecule has 0 aliphatic rings. The molecule has 0 bridgehead atoms. The normalized spacial score (nSPS) is 11.0. The highest BCUT2D eigenvalue weighted by Crippen LogP contribution is 2.30. The van der Waals surface area contributed by atoms with E-state index in [-0.39, 0.29) is 0 Å². The first kappa shape index (κ1) is 15.2. The Balaban J connectivity index is 2.40. The van der Waals surface area contributed by atoms with Gasteiger partial charge in [0.15, 0.2) is 0 Å². The third-order valence-corrected chi connectivity index (χ3v) is 4.26. The van der Waals surface area contributed by atoms with E-state index in [0.29, 0.717) is 11.3 Å². The van der Waals surface area contributed by atoms with Gasteiger partial charge in [0, 0.05) is 10.9 Å². The maximum Gasteiger partial charge on any atom is 0.336 e. The lowest BCUT2D eigenvalue weighted by Crippen LogP contribution is -2.03. The fourth-order valence-electron chi connectivity index (χ4n) is 3.05. The topological polar surface area (TPSA) is 50.2 Å². The maximum absolute atomic E-state index is 11.8. The van der Waals surface area contributed by atoms with Crippen molar-refractivity contribution in [1.29, 1.82) is 0 Å². The third kappa shape index (κ3) is 2.59. The number of carboxylic acid groups (broad SMARTS) is 1. The number of hydrogen-bond donors (Lipinski definition) is 1. The minimum atomic E-state index is -0.919. The number of fused-ring (bicyclic) bond motifs is 1. The minimum Gasteiger partial charge on any atom is -0.478 e. The van der Waals surface area contributed by atoms with E-state index in [1.807, 2.05) is 52.0 Å². The molecule has 0 unspecified atom stereocenters. The van der Waals surface area contributed by atoms with Crippen LogP contribution < -0.4 is 0 Å². The van der Waals surface area contributed by atoms with Crippen LogP contribution in [0.2, 0.25) is 0 Å². The van der Waals surface area contributed by atoms with Crippen molar-refractivity contribution < 1.29 is 9.90 Å². The Hall–Kier alpha value is -2.68. The molecule has 0 amide bonds. The second-order valence-corrected chi connectivity index (χ2v) is 6.10. The molecule has 0 saturated carbocycles. The fraction of sp³-hybridized carbons (Fsp3) is 0.200. The van der Waals surface area contributed by atoms with E-state index in [2.05, 4.69) is 6.07 Å². The lowest BCUT2D eigenvalue weighted by atomic mass is 9.96. The van der Waals surface area contributed by atoms with Gasteiger partial charge < -0.3 is 5.11 Å². The molecule has 0 aliphatic carbocycles. The third-order valence-electron chi connectivity index (χ3n) is 4.26. The largest absolute Gasteiger partial charge is 0.478 e. The number of aromatic nitrogens is 1. The van der Waals surface area contributed by atoms with Crippen LogP contribution in [-0.2, 0) is 0 Å².